The molecule has 0 spiro atoms. The minimum absolute atomic E-state index is 0.275. The Bertz CT molecular complexity index is 760. The first-order valence-electron chi connectivity index (χ1n) is 5.85. The lowest BCUT2D eigenvalue weighted by molar-refractivity contribution is 0.600. The molecule has 0 saturated carbocycles. The van der Waals surface area contributed by atoms with Crippen LogP contribution in [0.2, 0.25) is 5.02 Å². The zero-order valence-corrected chi connectivity index (χ0v) is 14.1. The van der Waals surface area contributed by atoms with Crippen LogP contribution in [0.25, 0.3) is 0 Å². The highest BCUT2D eigenvalue weighted by atomic mass is 79.9. The van der Waals surface area contributed by atoms with Crippen LogP contribution in [0.3, 0.4) is 0 Å². The Labute approximate surface area is 132 Å². The second-order valence-electron chi connectivity index (χ2n) is 4.50. The van der Waals surface area contributed by atoms with Gasteiger partial charge >= 0.3 is 0 Å². The van der Waals surface area contributed by atoms with E-state index >= 15 is 0 Å². The van der Waals surface area contributed by atoms with Crippen molar-refractivity contribution in [2.24, 2.45) is 0 Å². The molecule has 20 heavy (non-hydrogen) atoms. The fraction of sp³-hybridized carbons (Fsp3) is 0.143. The highest BCUT2D eigenvalue weighted by Gasteiger charge is 2.17. The summed E-state index contributed by atoms with van der Waals surface area (Å²) in [6.45, 7) is 3.62. The third kappa shape index (κ3) is 3.34. The molecule has 0 aliphatic heterocycles. The van der Waals surface area contributed by atoms with Crippen molar-refractivity contribution in [3.63, 3.8) is 0 Å². The average molecular weight is 375 g/mol. The van der Waals surface area contributed by atoms with Gasteiger partial charge in [-0.3, -0.25) is 4.72 Å². The molecule has 0 saturated heterocycles. The van der Waals surface area contributed by atoms with Gasteiger partial charge in [0.1, 0.15) is 0 Å². The van der Waals surface area contributed by atoms with Gasteiger partial charge in [-0.25, -0.2) is 8.42 Å². The van der Waals surface area contributed by atoms with Gasteiger partial charge in [0.2, 0.25) is 0 Å². The molecule has 0 unspecified atom stereocenters. The molecule has 0 amide bonds. The SMILES string of the molecule is Cc1ccc(C)c(S(=O)(=O)Nc2ccc(Br)c(Cl)c2)c1. The summed E-state index contributed by atoms with van der Waals surface area (Å²) in [5, 5.41) is 0.450. The Morgan fingerprint density at radius 1 is 1.10 bits per heavy atom. The summed E-state index contributed by atoms with van der Waals surface area (Å²) >= 11 is 9.23. The minimum atomic E-state index is -3.62. The van der Waals surface area contributed by atoms with E-state index in [-0.39, 0.29) is 4.90 Å². The predicted octanol–water partition coefficient (Wildman–Crippen LogP) is 4.52. The molecule has 0 radical (unpaired) electrons. The normalized spacial score (nSPS) is 11.4. The molecule has 0 bridgehead atoms. The summed E-state index contributed by atoms with van der Waals surface area (Å²) in [7, 11) is -3.62. The van der Waals surface area contributed by atoms with Crippen molar-refractivity contribution >= 4 is 43.2 Å². The zero-order chi connectivity index (χ0) is 14.9. The summed E-state index contributed by atoms with van der Waals surface area (Å²) in [4.78, 5) is 0.275. The molecule has 2 rings (SSSR count). The lowest BCUT2D eigenvalue weighted by Gasteiger charge is -2.11. The standard InChI is InChI=1S/C14H13BrClNO2S/c1-9-3-4-10(2)14(7-9)20(18,19)17-11-5-6-12(15)13(16)8-11/h3-8,17H,1-2H3. The number of hydrogen-bond donors (Lipinski definition) is 1. The Balaban J connectivity index is 2.40. The van der Waals surface area contributed by atoms with E-state index in [1.807, 2.05) is 13.0 Å². The van der Waals surface area contributed by atoms with Gasteiger partial charge in [-0.05, 0) is 65.2 Å². The van der Waals surface area contributed by atoms with Gasteiger partial charge < -0.3 is 0 Å². The first-order valence-corrected chi connectivity index (χ1v) is 8.50. The van der Waals surface area contributed by atoms with Gasteiger partial charge in [-0.1, -0.05) is 23.7 Å². The average Bonchev–Trinajstić information content (AvgIpc) is 2.36. The number of halogens is 2. The molecule has 0 aromatic heterocycles. The van der Waals surface area contributed by atoms with Crippen LogP contribution in [0.4, 0.5) is 5.69 Å². The molecule has 0 atom stereocenters. The molecule has 2 aromatic rings. The fourth-order valence-corrected chi connectivity index (χ4v) is 3.57. The van der Waals surface area contributed by atoms with Gasteiger partial charge in [0.15, 0.2) is 0 Å². The number of hydrogen-bond acceptors (Lipinski definition) is 2. The van der Waals surface area contributed by atoms with E-state index in [2.05, 4.69) is 20.7 Å². The van der Waals surface area contributed by atoms with Crippen LogP contribution in [0.1, 0.15) is 11.1 Å². The van der Waals surface area contributed by atoms with Crippen molar-refractivity contribution in [1.82, 2.24) is 0 Å². The van der Waals surface area contributed by atoms with Gasteiger partial charge in [0.05, 0.1) is 15.6 Å². The number of nitrogens with one attached hydrogen (secondary N) is 1. The number of rotatable bonds is 3. The van der Waals surface area contributed by atoms with E-state index < -0.39 is 10.0 Å². The molecule has 0 aliphatic rings. The smallest absolute Gasteiger partial charge is 0.262 e. The van der Waals surface area contributed by atoms with E-state index in [0.29, 0.717) is 20.7 Å². The van der Waals surface area contributed by atoms with Crippen molar-refractivity contribution < 1.29 is 8.42 Å². The third-order valence-corrected chi connectivity index (χ3v) is 5.56. The van der Waals surface area contributed by atoms with Gasteiger partial charge in [0, 0.05) is 4.47 Å². The first-order chi connectivity index (χ1) is 9.29. The maximum Gasteiger partial charge on any atom is 0.262 e. The Morgan fingerprint density at radius 2 is 1.80 bits per heavy atom. The summed E-state index contributed by atoms with van der Waals surface area (Å²) in [5.74, 6) is 0. The fourth-order valence-electron chi connectivity index (χ4n) is 1.77. The number of aryl methyl sites for hydroxylation is 2. The third-order valence-electron chi connectivity index (χ3n) is 2.80. The number of benzene rings is 2. The molecule has 6 heteroatoms. The summed E-state index contributed by atoms with van der Waals surface area (Å²) in [6.07, 6.45) is 0. The highest BCUT2D eigenvalue weighted by molar-refractivity contribution is 9.10. The second kappa shape index (κ2) is 5.76. The van der Waals surface area contributed by atoms with Crippen molar-refractivity contribution in [3.05, 3.63) is 57.0 Å². The van der Waals surface area contributed by atoms with Crippen LogP contribution < -0.4 is 4.72 Å². The van der Waals surface area contributed by atoms with Gasteiger partial charge in [-0.2, -0.15) is 0 Å². The maximum atomic E-state index is 12.4. The Morgan fingerprint density at radius 3 is 2.45 bits per heavy atom. The van der Waals surface area contributed by atoms with Crippen LogP contribution in [-0.4, -0.2) is 8.42 Å². The van der Waals surface area contributed by atoms with E-state index in [1.54, 1.807) is 37.3 Å². The number of anilines is 1. The van der Waals surface area contributed by atoms with Crippen molar-refractivity contribution in [3.8, 4) is 0 Å². The van der Waals surface area contributed by atoms with Crippen LogP contribution in [-0.2, 0) is 10.0 Å². The lowest BCUT2D eigenvalue weighted by Crippen LogP contribution is -2.14. The van der Waals surface area contributed by atoms with Crippen molar-refractivity contribution in [2.75, 3.05) is 4.72 Å². The van der Waals surface area contributed by atoms with Crippen LogP contribution in [0.15, 0.2) is 45.8 Å². The summed E-state index contributed by atoms with van der Waals surface area (Å²) < 4.78 is 28.1. The largest absolute Gasteiger partial charge is 0.280 e. The zero-order valence-electron chi connectivity index (χ0n) is 10.9. The molecule has 0 heterocycles. The monoisotopic (exact) mass is 373 g/mol. The Kier molecular flexibility index (Phi) is 4.42. The van der Waals surface area contributed by atoms with Gasteiger partial charge in [-0.15, -0.1) is 0 Å². The predicted molar refractivity (Wildman–Crippen MR) is 85.9 cm³/mol. The summed E-state index contributed by atoms with van der Waals surface area (Å²) in [6, 6.07) is 10.2. The van der Waals surface area contributed by atoms with Gasteiger partial charge in [0.25, 0.3) is 10.0 Å². The molecule has 0 fully saturated rings. The van der Waals surface area contributed by atoms with E-state index in [1.165, 1.54) is 0 Å². The lowest BCUT2D eigenvalue weighted by atomic mass is 10.2. The summed E-state index contributed by atoms with van der Waals surface area (Å²) in [5.41, 5.74) is 2.02. The van der Waals surface area contributed by atoms with Crippen LogP contribution >= 0.6 is 27.5 Å². The quantitative estimate of drug-likeness (QED) is 0.858. The number of sulfonamides is 1. The maximum absolute atomic E-state index is 12.4. The topological polar surface area (TPSA) is 46.2 Å². The van der Waals surface area contributed by atoms with E-state index in [4.69, 9.17) is 11.6 Å². The molecule has 3 nitrogen and oxygen atoms in total. The molecule has 106 valence electrons. The molecular formula is C14H13BrClNO2S. The Hall–Kier alpha value is -1.04. The minimum Gasteiger partial charge on any atom is -0.280 e. The first kappa shape index (κ1) is 15.4. The van der Waals surface area contributed by atoms with Crippen LogP contribution in [0.5, 0.6) is 0 Å². The van der Waals surface area contributed by atoms with Crippen LogP contribution in [0, 0.1) is 13.8 Å². The molecular weight excluding hydrogens is 362 g/mol. The van der Waals surface area contributed by atoms with E-state index in [0.717, 1.165) is 5.56 Å². The van der Waals surface area contributed by atoms with E-state index in [9.17, 15) is 8.42 Å². The molecule has 0 aliphatic carbocycles. The van der Waals surface area contributed by atoms with Crippen molar-refractivity contribution in [1.29, 1.82) is 0 Å². The highest BCUT2D eigenvalue weighted by Crippen LogP contribution is 2.27. The molecule has 2 aromatic carbocycles. The second-order valence-corrected chi connectivity index (χ2v) is 7.42. The van der Waals surface area contributed by atoms with Crippen molar-refractivity contribution in [2.45, 2.75) is 18.7 Å². The molecule has 1 N–H and O–H groups in total.